The van der Waals surface area contributed by atoms with E-state index in [1.807, 2.05) is 17.0 Å². The highest BCUT2D eigenvalue weighted by molar-refractivity contribution is 5.90. The van der Waals surface area contributed by atoms with Crippen LogP contribution < -0.4 is 15.4 Å². The number of anilines is 1. The molecule has 2 N–H and O–H groups in total. The largest absolute Gasteiger partial charge is 0.495 e. The molecule has 1 aromatic rings. The molecule has 0 aliphatic carbocycles. The summed E-state index contributed by atoms with van der Waals surface area (Å²) in [6.07, 6.45) is -4.22. The topological polar surface area (TPSA) is 69.2 Å². The van der Waals surface area contributed by atoms with Gasteiger partial charge in [0.1, 0.15) is 11.8 Å². The van der Waals surface area contributed by atoms with Crippen LogP contribution in [-0.4, -0.2) is 74.2 Å². The first-order valence-electron chi connectivity index (χ1n) is 9.36. The van der Waals surface area contributed by atoms with E-state index >= 15 is 0 Å². The second-order valence-electron chi connectivity index (χ2n) is 6.86. The SMILES string of the molecule is CN=C(NCc1ccc(OC)c(NC(C)=O)c1)N1CCN(C(C)C(F)(F)F)CC1. The van der Waals surface area contributed by atoms with Crippen molar-refractivity contribution in [1.29, 1.82) is 0 Å². The van der Waals surface area contributed by atoms with Crippen molar-refractivity contribution >= 4 is 17.6 Å². The van der Waals surface area contributed by atoms with Gasteiger partial charge in [0, 0.05) is 46.7 Å². The number of methoxy groups -OCH3 is 1. The Bertz CT molecular complexity index is 731. The van der Waals surface area contributed by atoms with Gasteiger partial charge in [-0.2, -0.15) is 13.2 Å². The highest BCUT2D eigenvalue weighted by atomic mass is 19.4. The number of amides is 1. The molecule has 10 heteroatoms. The number of hydrogen-bond acceptors (Lipinski definition) is 4. The van der Waals surface area contributed by atoms with Crippen molar-refractivity contribution in [1.82, 2.24) is 15.1 Å². The molecule has 1 amide bonds. The van der Waals surface area contributed by atoms with Crippen LogP contribution in [0.25, 0.3) is 0 Å². The van der Waals surface area contributed by atoms with Gasteiger partial charge in [-0.1, -0.05) is 6.07 Å². The minimum Gasteiger partial charge on any atom is -0.495 e. The summed E-state index contributed by atoms with van der Waals surface area (Å²) < 4.78 is 44.0. The van der Waals surface area contributed by atoms with Gasteiger partial charge < -0.3 is 20.3 Å². The normalized spacial score (nSPS) is 17.1. The number of carbonyl (C=O) groups excluding carboxylic acids is 1. The van der Waals surface area contributed by atoms with Gasteiger partial charge in [-0.15, -0.1) is 0 Å². The third-order valence-electron chi connectivity index (χ3n) is 4.87. The van der Waals surface area contributed by atoms with E-state index < -0.39 is 12.2 Å². The summed E-state index contributed by atoms with van der Waals surface area (Å²) >= 11 is 0. The Hall–Kier alpha value is -2.49. The van der Waals surface area contributed by atoms with E-state index in [2.05, 4.69) is 15.6 Å². The van der Waals surface area contributed by atoms with E-state index in [4.69, 9.17) is 4.74 Å². The fourth-order valence-corrected chi connectivity index (χ4v) is 3.19. The summed E-state index contributed by atoms with van der Waals surface area (Å²) in [6, 6.07) is 3.99. The van der Waals surface area contributed by atoms with Crippen LogP contribution in [0.3, 0.4) is 0 Å². The zero-order chi connectivity index (χ0) is 21.6. The van der Waals surface area contributed by atoms with Crippen molar-refractivity contribution < 1.29 is 22.7 Å². The average molecular weight is 415 g/mol. The number of rotatable bonds is 5. The molecule has 1 heterocycles. The Morgan fingerprint density at radius 2 is 1.93 bits per heavy atom. The number of aliphatic imine (C=N–C) groups is 1. The van der Waals surface area contributed by atoms with Gasteiger partial charge >= 0.3 is 6.18 Å². The summed E-state index contributed by atoms with van der Waals surface area (Å²) in [7, 11) is 3.17. The number of hydrogen-bond donors (Lipinski definition) is 2. The molecule has 2 rings (SSSR count). The van der Waals surface area contributed by atoms with Crippen molar-refractivity contribution in [2.24, 2.45) is 4.99 Å². The molecule has 0 spiro atoms. The fourth-order valence-electron chi connectivity index (χ4n) is 3.19. The third kappa shape index (κ3) is 6.25. The molecule has 0 radical (unpaired) electrons. The lowest BCUT2D eigenvalue weighted by Gasteiger charge is -2.39. The lowest BCUT2D eigenvalue weighted by Crippen LogP contribution is -2.56. The molecule has 1 aromatic carbocycles. The van der Waals surface area contributed by atoms with Crippen LogP contribution in [0.2, 0.25) is 0 Å². The molecule has 1 aliphatic heterocycles. The molecular formula is C19H28F3N5O2. The first-order chi connectivity index (χ1) is 13.7. The van der Waals surface area contributed by atoms with Crippen LogP contribution in [0.5, 0.6) is 5.75 Å². The van der Waals surface area contributed by atoms with Gasteiger partial charge in [-0.3, -0.25) is 14.7 Å². The van der Waals surface area contributed by atoms with E-state index in [-0.39, 0.29) is 5.91 Å². The first-order valence-corrected chi connectivity index (χ1v) is 9.36. The van der Waals surface area contributed by atoms with Crippen LogP contribution in [0.15, 0.2) is 23.2 Å². The first kappa shape index (κ1) is 22.8. The molecule has 0 aromatic heterocycles. The van der Waals surface area contributed by atoms with Crippen molar-refractivity contribution in [2.45, 2.75) is 32.6 Å². The zero-order valence-corrected chi connectivity index (χ0v) is 17.1. The maximum Gasteiger partial charge on any atom is 0.403 e. The molecule has 29 heavy (non-hydrogen) atoms. The van der Waals surface area contributed by atoms with E-state index in [0.717, 1.165) is 5.56 Å². The van der Waals surface area contributed by atoms with Crippen molar-refractivity contribution in [3.05, 3.63) is 23.8 Å². The van der Waals surface area contributed by atoms with Crippen LogP contribution in [0.4, 0.5) is 18.9 Å². The smallest absolute Gasteiger partial charge is 0.403 e. The predicted molar refractivity (Wildman–Crippen MR) is 106 cm³/mol. The quantitative estimate of drug-likeness (QED) is 0.571. The molecule has 0 bridgehead atoms. The fraction of sp³-hybridized carbons (Fsp3) is 0.579. The molecule has 162 valence electrons. The minimum absolute atomic E-state index is 0.199. The molecule has 7 nitrogen and oxygen atoms in total. The maximum atomic E-state index is 12.9. The summed E-state index contributed by atoms with van der Waals surface area (Å²) in [4.78, 5) is 19.0. The number of ether oxygens (including phenoxy) is 1. The number of alkyl halides is 3. The van der Waals surface area contributed by atoms with Gasteiger partial charge in [-0.05, 0) is 24.6 Å². The number of piperazine rings is 1. The Balaban J connectivity index is 1.96. The number of halogens is 3. The van der Waals surface area contributed by atoms with Gasteiger partial charge in [0.25, 0.3) is 0 Å². The third-order valence-corrected chi connectivity index (χ3v) is 4.87. The lowest BCUT2D eigenvalue weighted by atomic mass is 10.1. The Kier molecular flexibility index (Phi) is 7.72. The van der Waals surface area contributed by atoms with Gasteiger partial charge in [0.15, 0.2) is 5.96 Å². The molecule has 1 saturated heterocycles. The second-order valence-corrected chi connectivity index (χ2v) is 6.86. The molecule has 1 fully saturated rings. The van der Waals surface area contributed by atoms with Crippen molar-refractivity contribution in [2.75, 3.05) is 45.7 Å². The van der Waals surface area contributed by atoms with Gasteiger partial charge in [0.05, 0.1) is 12.8 Å². The number of benzene rings is 1. The second kappa shape index (κ2) is 9.82. The summed E-state index contributed by atoms with van der Waals surface area (Å²) in [6.45, 7) is 4.61. The number of nitrogens with zero attached hydrogens (tertiary/aromatic N) is 3. The molecular weight excluding hydrogens is 387 g/mol. The number of guanidine groups is 1. The van der Waals surface area contributed by atoms with Crippen molar-refractivity contribution in [3.8, 4) is 5.75 Å². The Morgan fingerprint density at radius 1 is 1.28 bits per heavy atom. The highest BCUT2D eigenvalue weighted by Crippen LogP contribution is 2.26. The highest BCUT2D eigenvalue weighted by Gasteiger charge is 2.41. The number of nitrogens with one attached hydrogen (secondary N) is 2. The number of carbonyl (C=O) groups is 1. The van der Waals surface area contributed by atoms with E-state index in [0.29, 0.717) is 50.1 Å². The van der Waals surface area contributed by atoms with Crippen LogP contribution in [0, 0.1) is 0 Å². The molecule has 1 atom stereocenters. The molecule has 1 aliphatic rings. The predicted octanol–water partition coefficient (Wildman–Crippen LogP) is 2.30. The van der Waals surface area contributed by atoms with E-state index in [9.17, 15) is 18.0 Å². The maximum absolute atomic E-state index is 12.9. The van der Waals surface area contributed by atoms with E-state index in [1.165, 1.54) is 25.9 Å². The van der Waals surface area contributed by atoms with E-state index in [1.54, 1.807) is 13.1 Å². The van der Waals surface area contributed by atoms with Crippen LogP contribution >= 0.6 is 0 Å². The average Bonchev–Trinajstić information content (AvgIpc) is 2.67. The standard InChI is InChI=1S/C19H28F3N5O2/c1-13(19(20,21)22)26-7-9-27(10-8-26)18(23-3)24-12-15-5-6-17(29-4)16(11-15)25-14(2)28/h5-6,11,13H,7-10,12H2,1-4H3,(H,23,24)(H,25,28). The van der Waals surface area contributed by atoms with Gasteiger partial charge in [0.2, 0.25) is 5.91 Å². The molecule has 1 unspecified atom stereocenters. The summed E-state index contributed by atoms with van der Waals surface area (Å²) in [5.74, 6) is 0.986. The lowest BCUT2D eigenvalue weighted by molar-refractivity contribution is -0.181. The summed E-state index contributed by atoms with van der Waals surface area (Å²) in [5.41, 5.74) is 1.48. The molecule has 0 saturated carbocycles. The van der Waals surface area contributed by atoms with Crippen LogP contribution in [-0.2, 0) is 11.3 Å². The van der Waals surface area contributed by atoms with Crippen LogP contribution in [0.1, 0.15) is 19.4 Å². The monoisotopic (exact) mass is 415 g/mol. The zero-order valence-electron chi connectivity index (χ0n) is 17.1. The van der Waals surface area contributed by atoms with Crippen molar-refractivity contribution in [3.63, 3.8) is 0 Å². The minimum atomic E-state index is -4.22. The Morgan fingerprint density at radius 3 is 2.45 bits per heavy atom. The Labute approximate surface area is 168 Å². The summed E-state index contributed by atoms with van der Waals surface area (Å²) in [5, 5.41) is 5.96. The van der Waals surface area contributed by atoms with Gasteiger partial charge in [-0.25, -0.2) is 0 Å².